The Kier molecular flexibility index (Phi) is 6.26. The normalized spacial score (nSPS) is 14.8. The van der Waals surface area contributed by atoms with E-state index in [2.05, 4.69) is 5.32 Å². The molecule has 1 aliphatic heterocycles. The number of rotatable bonds is 6. The molecular formula is C25H25N3O3. The van der Waals surface area contributed by atoms with Crippen molar-refractivity contribution in [2.45, 2.75) is 31.8 Å². The fourth-order valence-corrected chi connectivity index (χ4v) is 3.90. The molecule has 31 heavy (non-hydrogen) atoms. The highest BCUT2D eigenvalue weighted by atomic mass is 16.2. The van der Waals surface area contributed by atoms with Crippen molar-refractivity contribution >= 4 is 17.5 Å². The number of carbonyl (C=O) groups excluding carboxylic acids is 2. The molecule has 0 radical (unpaired) electrons. The van der Waals surface area contributed by atoms with E-state index in [-0.39, 0.29) is 17.4 Å². The second kappa shape index (κ2) is 9.43. The first kappa shape index (κ1) is 20.6. The van der Waals surface area contributed by atoms with Crippen LogP contribution in [0.3, 0.4) is 0 Å². The van der Waals surface area contributed by atoms with Crippen LogP contribution in [0.5, 0.6) is 0 Å². The second-order valence-corrected chi connectivity index (χ2v) is 7.71. The van der Waals surface area contributed by atoms with Gasteiger partial charge in [0.1, 0.15) is 6.04 Å². The Labute approximate surface area is 181 Å². The lowest BCUT2D eigenvalue weighted by atomic mass is 10.0. The number of anilines is 1. The molecule has 1 atom stereocenters. The topological polar surface area (TPSA) is 71.4 Å². The average molecular weight is 415 g/mol. The van der Waals surface area contributed by atoms with Crippen LogP contribution in [0.15, 0.2) is 83.8 Å². The van der Waals surface area contributed by atoms with E-state index in [1.807, 2.05) is 60.7 Å². The second-order valence-electron chi connectivity index (χ2n) is 7.71. The lowest BCUT2D eigenvalue weighted by Gasteiger charge is -2.34. The Morgan fingerprint density at radius 2 is 1.65 bits per heavy atom. The fraction of sp³-hybridized carbons (Fsp3) is 0.240. The molecule has 6 nitrogen and oxygen atoms in total. The summed E-state index contributed by atoms with van der Waals surface area (Å²) in [5.74, 6) is -0.215. The number of nitrogens with one attached hydrogen (secondary N) is 1. The van der Waals surface area contributed by atoms with Crippen LogP contribution in [0.2, 0.25) is 0 Å². The number of carbonyl (C=O) groups is 2. The van der Waals surface area contributed by atoms with Gasteiger partial charge in [-0.3, -0.25) is 14.4 Å². The molecule has 1 aliphatic rings. The van der Waals surface area contributed by atoms with Gasteiger partial charge in [0, 0.05) is 30.9 Å². The maximum atomic E-state index is 13.2. The van der Waals surface area contributed by atoms with E-state index in [4.69, 9.17) is 0 Å². The molecule has 0 spiro atoms. The van der Waals surface area contributed by atoms with Crippen LogP contribution in [0.1, 0.15) is 36.4 Å². The van der Waals surface area contributed by atoms with Gasteiger partial charge in [0.05, 0.1) is 6.54 Å². The number of aromatic nitrogens is 1. The van der Waals surface area contributed by atoms with E-state index in [0.29, 0.717) is 25.2 Å². The zero-order valence-electron chi connectivity index (χ0n) is 17.2. The number of benzene rings is 2. The van der Waals surface area contributed by atoms with Gasteiger partial charge in [-0.15, -0.1) is 0 Å². The molecule has 2 aromatic carbocycles. The van der Waals surface area contributed by atoms with Crippen molar-refractivity contribution in [3.8, 4) is 0 Å². The van der Waals surface area contributed by atoms with Gasteiger partial charge in [0.15, 0.2) is 0 Å². The van der Waals surface area contributed by atoms with Gasteiger partial charge in [-0.1, -0.05) is 48.5 Å². The minimum absolute atomic E-state index is 0.0129. The summed E-state index contributed by atoms with van der Waals surface area (Å²) in [4.78, 5) is 39.3. The van der Waals surface area contributed by atoms with Crippen LogP contribution in [-0.2, 0) is 16.1 Å². The zero-order chi connectivity index (χ0) is 21.6. The molecule has 0 aliphatic carbocycles. The largest absolute Gasteiger partial charge is 0.327 e. The number of hydrogen-bond donors (Lipinski definition) is 1. The molecule has 158 valence electrons. The molecular weight excluding hydrogens is 390 g/mol. The van der Waals surface area contributed by atoms with Crippen LogP contribution in [-0.4, -0.2) is 27.8 Å². The molecule has 0 saturated carbocycles. The Hall–Kier alpha value is -3.67. The zero-order valence-corrected chi connectivity index (χ0v) is 17.2. The molecule has 6 heteroatoms. The SMILES string of the molecule is O=C(Nc1ccc(Cn2ccccc2=O)cc1)C(c1ccccc1)N1CCCCC1=O. The minimum Gasteiger partial charge on any atom is -0.327 e. The highest BCUT2D eigenvalue weighted by Crippen LogP contribution is 2.27. The highest BCUT2D eigenvalue weighted by Gasteiger charge is 2.32. The molecule has 4 rings (SSSR count). The van der Waals surface area contributed by atoms with Crippen LogP contribution < -0.4 is 10.9 Å². The summed E-state index contributed by atoms with van der Waals surface area (Å²) in [6.07, 6.45) is 3.99. The van der Waals surface area contributed by atoms with E-state index in [0.717, 1.165) is 24.0 Å². The molecule has 2 heterocycles. The van der Waals surface area contributed by atoms with Gasteiger partial charge >= 0.3 is 0 Å². The van der Waals surface area contributed by atoms with Crippen molar-refractivity contribution < 1.29 is 9.59 Å². The Bertz CT molecular complexity index is 1110. The fourth-order valence-electron chi connectivity index (χ4n) is 3.90. The van der Waals surface area contributed by atoms with E-state index in [1.165, 1.54) is 6.07 Å². The predicted octanol–water partition coefficient (Wildman–Crippen LogP) is 3.59. The third-order valence-electron chi connectivity index (χ3n) is 5.51. The van der Waals surface area contributed by atoms with Crippen LogP contribution >= 0.6 is 0 Å². The van der Waals surface area contributed by atoms with Crippen molar-refractivity contribution in [2.75, 3.05) is 11.9 Å². The molecule has 0 bridgehead atoms. The lowest BCUT2D eigenvalue weighted by Crippen LogP contribution is -2.43. The Morgan fingerprint density at radius 3 is 2.35 bits per heavy atom. The highest BCUT2D eigenvalue weighted by molar-refractivity contribution is 5.98. The van der Waals surface area contributed by atoms with Crippen LogP contribution in [0.25, 0.3) is 0 Å². The first-order valence-electron chi connectivity index (χ1n) is 10.5. The summed E-state index contributed by atoms with van der Waals surface area (Å²) in [6.45, 7) is 1.04. The maximum absolute atomic E-state index is 13.2. The van der Waals surface area contributed by atoms with Crippen molar-refractivity contribution in [1.82, 2.24) is 9.47 Å². The smallest absolute Gasteiger partial charge is 0.251 e. The van der Waals surface area contributed by atoms with Gasteiger partial charge in [0.2, 0.25) is 5.91 Å². The average Bonchev–Trinajstić information content (AvgIpc) is 2.79. The van der Waals surface area contributed by atoms with Crippen LogP contribution in [0.4, 0.5) is 5.69 Å². The summed E-state index contributed by atoms with van der Waals surface area (Å²) in [6, 6.07) is 21.2. The number of piperidine rings is 1. The molecule has 1 unspecified atom stereocenters. The molecule has 3 aromatic rings. The van der Waals surface area contributed by atoms with Crippen molar-refractivity contribution in [2.24, 2.45) is 0 Å². The molecule has 2 amide bonds. The Morgan fingerprint density at radius 1 is 0.903 bits per heavy atom. The van der Waals surface area contributed by atoms with Crippen molar-refractivity contribution in [1.29, 1.82) is 0 Å². The quantitative estimate of drug-likeness (QED) is 0.669. The summed E-state index contributed by atoms with van der Waals surface area (Å²) >= 11 is 0. The first-order valence-corrected chi connectivity index (χ1v) is 10.5. The number of likely N-dealkylation sites (tertiary alicyclic amines) is 1. The van der Waals surface area contributed by atoms with Gasteiger partial charge in [-0.05, 0) is 42.2 Å². The van der Waals surface area contributed by atoms with Gasteiger partial charge < -0.3 is 14.8 Å². The van der Waals surface area contributed by atoms with E-state index in [1.54, 1.807) is 21.7 Å². The summed E-state index contributed by atoms with van der Waals surface area (Å²) in [5, 5.41) is 2.96. The van der Waals surface area contributed by atoms with E-state index >= 15 is 0 Å². The number of pyridine rings is 1. The third kappa shape index (κ3) is 4.91. The van der Waals surface area contributed by atoms with Gasteiger partial charge in [-0.2, -0.15) is 0 Å². The first-order chi connectivity index (χ1) is 15.1. The van der Waals surface area contributed by atoms with Crippen LogP contribution in [0, 0.1) is 0 Å². The summed E-state index contributed by atoms with van der Waals surface area (Å²) in [7, 11) is 0. The molecule has 1 N–H and O–H groups in total. The van der Waals surface area contributed by atoms with Crippen molar-refractivity contribution in [3.05, 3.63) is 100 Å². The number of amides is 2. The number of nitrogens with zero attached hydrogens (tertiary/aromatic N) is 2. The maximum Gasteiger partial charge on any atom is 0.251 e. The molecule has 1 aromatic heterocycles. The number of hydrogen-bond acceptors (Lipinski definition) is 3. The monoisotopic (exact) mass is 415 g/mol. The van der Waals surface area contributed by atoms with Crippen molar-refractivity contribution in [3.63, 3.8) is 0 Å². The standard InChI is InChI=1S/C25H25N3O3/c29-22-10-4-6-16-27(22)18-19-12-14-21(15-13-19)26-25(31)24(20-8-2-1-3-9-20)28-17-7-5-11-23(28)30/h1-4,6,8-10,12-16,24H,5,7,11,17-18H2,(H,26,31). The van der Waals surface area contributed by atoms with Gasteiger partial charge in [-0.25, -0.2) is 0 Å². The Balaban J connectivity index is 1.51. The third-order valence-corrected chi connectivity index (χ3v) is 5.51. The summed E-state index contributed by atoms with van der Waals surface area (Å²) < 4.78 is 1.63. The van der Waals surface area contributed by atoms with Gasteiger partial charge in [0.25, 0.3) is 11.5 Å². The molecule has 1 saturated heterocycles. The minimum atomic E-state index is -0.656. The summed E-state index contributed by atoms with van der Waals surface area (Å²) in [5.41, 5.74) is 2.35. The predicted molar refractivity (Wildman–Crippen MR) is 120 cm³/mol. The lowest BCUT2D eigenvalue weighted by molar-refractivity contribution is -0.141. The van der Waals surface area contributed by atoms with E-state index < -0.39 is 6.04 Å². The van der Waals surface area contributed by atoms with E-state index in [9.17, 15) is 14.4 Å². The molecule has 1 fully saturated rings.